The molecule has 2 heterocycles. The van der Waals surface area contributed by atoms with Gasteiger partial charge in [-0.2, -0.15) is 5.10 Å². The van der Waals surface area contributed by atoms with Crippen LogP contribution < -0.4 is 5.73 Å². The van der Waals surface area contributed by atoms with Gasteiger partial charge in [0.1, 0.15) is 5.82 Å². The number of ether oxygens (including phenoxy) is 1. The molecule has 1 fully saturated rings. The van der Waals surface area contributed by atoms with Gasteiger partial charge in [-0.1, -0.05) is 24.3 Å². The molecule has 0 saturated carbocycles. The van der Waals surface area contributed by atoms with Crippen LogP contribution in [-0.2, 0) is 16.1 Å². The summed E-state index contributed by atoms with van der Waals surface area (Å²) in [6.45, 7) is 5.24. The molecule has 6 heteroatoms. The van der Waals surface area contributed by atoms with Gasteiger partial charge in [-0.3, -0.25) is 9.48 Å². The molecule has 0 radical (unpaired) electrons. The lowest BCUT2D eigenvalue weighted by Gasteiger charge is -2.23. The molecule has 0 spiro atoms. The zero-order valence-corrected chi connectivity index (χ0v) is 15.6. The molecule has 6 nitrogen and oxygen atoms in total. The molecule has 26 heavy (non-hydrogen) atoms. The average Bonchev–Trinajstić information content (AvgIpc) is 3.21. The number of aryl methyl sites for hydroxylation is 1. The van der Waals surface area contributed by atoms with Gasteiger partial charge in [0, 0.05) is 25.9 Å². The summed E-state index contributed by atoms with van der Waals surface area (Å²) in [5.41, 5.74) is 8.93. The van der Waals surface area contributed by atoms with Crippen LogP contribution in [0.5, 0.6) is 0 Å². The number of anilines is 1. The van der Waals surface area contributed by atoms with Crippen LogP contribution >= 0.6 is 0 Å². The van der Waals surface area contributed by atoms with Gasteiger partial charge in [0.15, 0.2) is 0 Å². The Morgan fingerprint density at radius 2 is 2.15 bits per heavy atom. The molecular weight excluding hydrogens is 328 g/mol. The van der Waals surface area contributed by atoms with Crippen molar-refractivity contribution in [2.24, 2.45) is 0 Å². The SMILES string of the molecule is CO[C@@H]1C[C@@H](Cn2ccc(N)n2)N(C(=O)/C=C(\C)c2ccccc2C)C1. The van der Waals surface area contributed by atoms with Gasteiger partial charge >= 0.3 is 0 Å². The molecule has 3 rings (SSSR count). The Balaban J connectivity index is 1.78. The van der Waals surface area contributed by atoms with E-state index in [0.717, 1.165) is 23.1 Å². The fraction of sp³-hybridized carbons (Fsp3) is 0.400. The number of benzene rings is 1. The molecule has 1 aliphatic heterocycles. The third kappa shape index (κ3) is 3.96. The van der Waals surface area contributed by atoms with E-state index >= 15 is 0 Å². The normalized spacial score (nSPS) is 20.6. The standard InChI is InChI=1S/C20H26N4O2/c1-14-6-4-5-7-18(14)15(2)10-20(25)24-13-17(26-3)11-16(24)12-23-9-8-19(21)22-23/h4-10,16-17H,11-13H2,1-3H3,(H2,21,22)/b15-10+/t16-,17+/m0/s1. The summed E-state index contributed by atoms with van der Waals surface area (Å²) in [6, 6.07) is 9.89. The molecular formula is C20H26N4O2. The molecule has 1 aromatic heterocycles. The number of nitrogens with zero attached hydrogens (tertiary/aromatic N) is 3. The van der Waals surface area contributed by atoms with Crippen LogP contribution in [0.15, 0.2) is 42.6 Å². The summed E-state index contributed by atoms with van der Waals surface area (Å²) in [5, 5.41) is 4.24. The van der Waals surface area contributed by atoms with Crippen LogP contribution in [0.25, 0.3) is 5.57 Å². The monoisotopic (exact) mass is 354 g/mol. The number of nitrogen functional groups attached to an aromatic ring is 1. The van der Waals surface area contributed by atoms with Crippen LogP contribution in [0.1, 0.15) is 24.5 Å². The molecule has 0 unspecified atom stereocenters. The van der Waals surface area contributed by atoms with Gasteiger partial charge in [0.05, 0.1) is 18.7 Å². The number of carbonyl (C=O) groups is 1. The van der Waals surface area contributed by atoms with Gasteiger partial charge in [-0.25, -0.2) is 0 Å². The Morgan fingerprint density at radius 1 is 1.38 bits per heavy atom. The lowest BCUT2D eigenvalue weighted by Crippen LogP contribution is -2.37. The average molecular weight is 354 g/mol. The van der Waals surface area contributed by atoms with Crippen molar-refractivity contribution in [1.29, 1.82) is 0 Å². The predicted molar refractivity (Wildman–Crippen MR) is 102 cm³/mol. The van der Waals surface area contributed by atoms with Crippen molar-refractivity contribution in [3.8, 4) is 0 Å². The Bertz CT molecular complexity index is 812. The first-order chi connectivity index (χ1) is 12.5. The van der Waals surface area contributed by atoms with E-state index in [0.29, 0.717) is 18.9 Å². The summed E-state index contributed by atoms with van der Waals surface area (Å²) in [6.07, 6.45) is 4.40. The zero-order valence-electron chi connectivity index (χ0n) is 15.6. The zero-order chi connectivity index (χ0) is 18.7. The minimum atomic E-state index is 0.00966. The van der Waals surface area contributed by atoms with Crippen LogP contribution in [-0.4, -0.2) is 46.4 Å². The lowest BCUT2D eigenvalue weighted by molar-refractivity contribution is -0.127. The molecule has 2 aromatic rings. The Kier molecular flexibility index (Phi) is 5.42. The maximum atomic E-state index is 12.9. The van der Waals surface area contributed by atoms with E-state index in [1.807, 2.05) is 36.2 Å². The molecule has 138 valence electrons. The summed E-state index contributed by atoms with van der Waals surface area (Å²) in [5.74, 6) is 0.495. The molecule has 0 aliphatic carbocycles. The summed E-state index contributed by atoms with van der Waals surface area (Å²) in [4.78, 5) is 14.8. The van der Waals surface area contributed by atoms with Crippen molar-refractivity contribution >= 4 is 17.3 Å². The molecule has 1 amide bonds. The first kappa shape index (κ1) is 18.2. The van der Waals surface area contributed by atoms with Crippen molar-refractivity contribution in [3.63, 3.8) is 0 Å². The second-order valence-electron chi connectivity index (χ2n) is 6.84. The Labute approximate surface area is 154 Å². The number of nitrogens with two attached hydrogens (primary N) is 1. The first-order valence-corrected chi connectivity index (χ1v) is 8.84. The largest absolute Gasteiger partial charge is 0.382 e. The molecule has 1 aliphatic rings. The van der Waals surface area contributed by atoms with E-state index in [-0.39, 0.29) is 18.1 Å². The minimum Gasteiger partial charge on any atom is -0.382 e. The third-order valence-electron chi connectivity index (χ3n) is 4.96. The second kappa shape index (κ2) is 7.74. The number of methoxy groups -OCH3 is 1. The fourth-order valence-electron chi connectivity index (χ4n) is 3.54. The van der Waals surface area contributed by atoms with E-state index in [9.17, 15) is 4.79 Å². The molecule has 1 saturated heterocycles. The maximum absolute atomic E-state index is 12.9. The number of aromatic nitrogens is 2. The number of carbonyl (C=O) groups excluding carboxylic acids is 1. The van der Waals surface area contributed by atoms with E-state index in [4.69, 9.17) is 10.5 Å². The van der Waals surface area contributed by atoms with E-state index < -0.39 is 0 Å². The van der Waals surface area contributed by atoms with Crippen molar-refractivity contribution < 1.29 is 9.53 Å². The van der Waals surface area contributed by atoms with Crippen LogP contribution in [0, 0.1) is 6.92 Å². The number of amides is 1. The highest BCUT2D eigenvalue weighted by atomic mass is 16.5. The molecule has 2 N–H and O–H groups in total. The number of rotatable bonds is 5. The van der Waals surface area contributed by atoms with E-state index in [1.165, 1.54) is 0 Å². The van der Waals surface area contributed by atoms with Gasteiger partial charge in [-0.15, -0.1) is 0 Å². The van der Waals surface area contributed by atoms with Crippen molar-refractivity contribution in [1.82, 2.24) is 14.7 Å². The number of allylic oxidation sites excluding steroid dienone is 1. The molecule has 1 aromatic carbocycles. The van der Waals surface area contributed by atoms with Crippen molar-refractivity contribution in [2.75, 3.05) is 19.4 Å². The second-order valence-corrected chi connectivity index (χ2v) is 6.84. The van der Waals surface area contributed by atoms with Crippen LogP contribution in [0.3, 0.4) is 0 Å². The van der Waals surface area contributed by atoms with Gasteiger partial charge in [0.2, 0.25) is 5.91 Å². The molecule has 0 bridgehead atoms. The quantitative estimate of drug-likeness (QED) is 0.837. The minimum absolute atomic E-state index is 0.00966. The first-order valence-electron chi connectivity index (χ1n) is 8.84. The summed E-state index contributed by atoms with van der Waals surface area (Å²) < 4.78 is 7.29. The van der Waals surface area contributed by atoms with Crippen LogP contribution in [0.4, 0.5) is 5.82 Å². The molecule has 2 atom stereocenters. The van der Waals surface area contributed by atoms with E-state index in [1.54, 1.807) is 23.9 Å². The third-order valence-corrected chi connectivity index (χ3v) is 4.96. The number of hydrogen-bond acceptors (Lipinski definition) is 4. The topological polar surface area (TPSA) is 73.4 Å². The highest BCUT2D eigenvalue weighted by molar-refractivity contribution is 5.95. The van der Waals surface area contributed by atoms with Gasteiger partial charge in [0.25, 0.3) is 0 Å². The Hall–Kier alpha value is -2.60. The highest BCUT2D eigenvalue weighted by Gasteiger charge is 2.35. The van der Waals surface area contributed by atoms with Gasteiger partial charge in [-0.05, 0) is 43.0 Å². The van der Waals surface area contributed by atoms with Crippen molar-refractivity contribution in [3.05, 3.63) is 53.7 Å². The maximum Gasteiger partial charge on any atom is 0.247 e. The number of likely N-dealkylation sites (tertiary alicyclic amines) is 1. The van der Waals surface area contributed by atoms with Gasteiger partial charge < -0.3 is 15.4 Å². The number of hydrogen-bond donors (Lipinski definition) is 1. The smallest absolute Gasteiger partial charge is 0.247 e. The Morgan fingerprint density at radius 3 is 2.81 bits per heavy atom. The van der Waals surface area contributed by atoms with E-state index in [2.05, 4.69) is 18.1 Å². The van der Waals surface area contributed by atoms with Crippen LogP contribution in [0.2, 0.25) is 0 Å². The predicted octanol–water partition coefficient (Wildman–Crippen LogP) is 2.49. The highest BCUT2D eigenvalue weighted by Crippen LogP contribution is 2.24. The fourth-order valence-corrected chi connectivity index (χ4v) is 3.54. The lowest BCUT2D eigenvalue weighted by atomic mass is 10.0. The summed E-state index contributed by atoms with van der Waals surface area (Å²) >= 11 is 0. The van der Waals surface area contributed by atoms with Crippen molar-refractivity contribution in [2.45, 2.75) is 39.0 Å². The summed E-state index contributed by atoms with van der Waals surface area (Å²) in [7, 11) is 1.69.